The quantitative estimate of drug-likeness (QED) is 0.617. The fourth-order valence-electron chi connectivity index (χ4n) is 1.48. The van der Waals surface area contributed by atoms with Crippen LogP contribution < -0.4 is 16.8 Å². The molecule has 0 aromatic rings. The van der Waals surface area contributed by atoms with Crippen molar-refractivity contribution in [3.8, 4) is 0 Å². The highest BCUT2D eigenvalue weighted by Gasteiger charge is 2.17. The molecule has 15 heavy (non-hydrogen) atoms. The van der Waals surface area contributed by atoms with Gasteiger partial charge in [-0.3, -0.25) is 0 Å². The van der Waals surface area contributed by atoms with Crippen LogP contribution in [0.2, 0.25) is 0 Å². The maximum atomic E-state index is 5.87. The number of hydrogen-bond donors (Lipinski definition) is 3. The molecule has 1 heterocycles. The topological polar surface area (TPSA) is 79.7 Å². The zero-order valence-corrected chi connectivity index (χ0v) is 9.54. The molecule has 0 aliphatic carbocycles. The van der Waals surface area contributed by atoms with E-state index in [-0.39, 0.29) is 0 Å². The summed E-state index contributed by atoms with van der Waals surface area (Å²) in [6.07, 6.45) is 0. The first-order valence-corrected chi connectivity index (χ1v) is 4.93. The van der Waals surface area contributed by atoms with Gasteiger partial charge in [0.05, 0.1) is 11.4 Å². The van der Waals surface area contributed by atoms with Gasteiger partial charge in [-0.25, -0.2) is 0 Å². The molecule has 0 atom stereocenters. The minimum absolute atomic E-state index is 0.333. The van der Waals surface area contributed by atoms with Gasteiger partial charge >= 0.3 is 0 Å². The van der Waals surface area contributed by atoms with Gasteiger partial charge in [0.25, 0.3) is 0 Å². The summed E-state index contributed by atoms with van der Waals surface area (Å²) in [6, 6.07) is 0. The maximum absolute atomic E-state index is 5.87. The van der Waals surface area contributed by atoms with E-state index in [0.717, 1.165) is 6.54 Å². The first-order valence-electron chi connectivity index (χ1n) is 4.93. The number of hydrogen-bond acceptors (Lipinski definition) is 5. The summed E-state index contributed by atoms with van der Waals surface area (Å²) < 4.78 is 0. The second-order valence-corrected chi connectivity index (χ2v) is 4.11. The molecular weight excluding hydrogens is 190 g/mol. The molecule has 5 heteroatoms. The highest BCUT2D eigenvalue weighted by Crippen LogP contribution is 2.15. The van der Waals surface area contributed by atoms with Crippen molar-refractivity contribution in [1.29, 1.82) is 0 Å². The summed E-state index contributed by atoms with van der Waals surface area (Å²) in [4.78, 5) is 6.15. The number of nitrogens with zero attached hydrogens (tertiary/aromatic N) is 2. The summed E-state index contributed by atoms with van der Waals surface area (Å²) in [5, 5.41) is 2.79. The fourth-order valence-corrected chi connectivity index (χ4v) is 1.48. The van der Waals surface area contributed by atoms with Crippen molar-refractivity contribution < 1.29 is 0 Å². The number of nitrogens with one attached hydrogen (secondary N) is 1. The molecule has 0 aromatic heterocycles. The van der Waals surface area contributed by atoms with Gasteiger partial charge in [0, 0.05) is 13.6 Å². The largest absolute Gasteiger partial charge is 0.394 e. The Hall–Kier alpha value is -1.65. The van der Waals surface area contributed by atoms with Gasteiger partial charge in [-0.15, -0.1) is 0 Å². The van der Waals surface area contributed by atoms with Crippen molar-refractivity contribution in [2.24, 2.45) is 22.4 Å². The minimum Gasteiger partial charge on any atom is -0.394 e. The van der Waals surface area contributed by atoms with Gasteiger partial charge in [-0.2, -0.15) is 4.99 Å². The molecule has 0 spiro atoms. The third kappa shape index (κ3) is 2.65. The van der Waals surface area contributed by atoms with E-state index in [0.29, 0.717) is 29.1 Å². The first kappa shape index (κ1) is 11.4. The van der Waals surface area contributed by atoms with E-state index >= 15 is 0 Å². The molecule has 84 valence electrons. The van der Waals surface area contributed by atoms with Gasteiger partial charge in [-0.1, -0.05) is 20.4 Å². The SMILES string of the molecule is C=C1NC(N)=NC(N(C)CC(C)C)=C1N. The number of guanidine groups is 1. The monoisotopic (exact) mass is 209 g/mol. The molecule has 0 amide bonds. The second-order valence-electron chi connectivity index (χ2n) is 4.11. The Bertz CT molecular complexity index is 327. The van der Waals surface area contributed by atoms with Gasteiger partial charge < -0.3 is 21.7 Å². The lowest BCUT2D eigenvalue weighted by molar-refractivity contribution is 0.354. The van der Waals surface area contributed by atoms with Crippen LogP contribution in [0, 0.1) is 5.92 Å². The third-order valence-electron chi connectivity index (χ3n) is 2.07. The Morgan fingerprint density at radius 2 is 2.07 bits per heavy atom. The van der Waals surface area contributed by atoms with Gasteiger partial charge in [0.1, 0.15) is 0 Å². The summed E-state index contributed by atoms with van der Waals surface area (Å²) in [5.41, 5.74) is 12.6. The van der Waals surface area contributed by atoms with E-state index in [1.165, 1.54) is 0 Å². The highest BCUT2D eigenvalue weighted by molar-refractivity contribution is 5.83. The van der Waals surface area contributed by atoms with Gasteiger partial charge in [0.2, 0.25) is 0 Å². The van der Waals surface area contributed by atoms with Gasteiger partial charge in [0.15, 0.2) is 11.8 Å². The number of nitrogens with two attached hydrogens (primary N) is 2. The van der Waals surface area contributed by atoms with E-state index in [9.17, 15) is 0 Å². The van der Waals surface area contributed by atoms with E-state index < -0.39 is 0 Å². The molecule has 1 rings (SSSR count). The van der Waals surface area contributed by atoms with Crippen LogP contribution in [0.1, 0.15) is 13.8 Å². The Labute approximate surface area is 90.5 Å². The van der Waals surface area contributed by atoms with Crippen molar-refractivity contribution in [2.75, 3.05) is 13.6 Å². The predicted molar refractivity (Wildman–Crippen MR) is 62.6 cm³/mol. The Kier molecular flexibility index (Phi) is 3.24. The molecule has 0 saturated carbocycles. The van der Waals surface area contributed by atoms with Crippen LogP contribution in [0.4, 0.5) is 0 Å². The molecule has 0 saturated heterocycles. The molecule has 5 N–H and O–H groups in total. The lowest BCUT2D eigenvalue weighted by Crippen LogP contribution is -2.39. The average Bonchev–Trinajstić information content (AvgIpc) is 2.09. The van der Waals surface area contributed by atoms with E-state index in [1.54, 1.807) is 0 Å². The summed E-state index contributed by atoms with van der Waals surface area (Å²) in [5.74, 6) is 1.56. The van der Waals surface area contributed by atoms with Crippen molar-refractivity contribution >= 4 is 5.96 Å². The molecule has 0 unspecified atom stereocenters. The number of aliphatic imine (C=N–C) groups is 1. The van der Waals surface area contributed by atoms with Crippen LogP contribution in [0.15, 0.2) is 28.8 Å². The van der Waals surface area contributed by atoms with Crippen molar-refractivity contribution in [2.45, 2.75) is 13.8 Å². The molecular formula is C10H19N5. The van der Waals surface area contributed by atoms with Crippen molar-refractivity contribution in [1.82, 2.24) is 10.2 Å². The summed E-state index contributed by atoms with van der Waals surface area (Å²) in [7, 11) is 1.94. The van der Waals surface area contributed by atoms with Crippen LogP contribution in [0.5, 0.6) is 0 Å². The standard InChI is InChI=1S/C10H19N5/c1-6(2)5-15(4)9-8(11)7(3)13-10(12)14-9/h6H,3,5,11H2,1-2,4H3,(H3,12,13,14). The lowest BCUT2D eigenvalue weighted by atomic mass is 10.2. The molecule has 1 aliphatic heterocycles. The lowest BCUT2D eigenvalue weighted by Gasteiger charge is -2.27. The van der Waals surface area contributed by atoms with E-state index in [1.807, 2.05) is 11.9 Å². The van der Waals surface area contributed by atoms with E-state index in [2.05, 4.69) is 30.7 Å². The maximum Gasteiger partial charge on any atom is 0.199 e. The third-order valence-corrected chi connectivity index (χ3v) is 2.07. The second kappa shape index (κ2) is 4.25. The fraction of sp³-hybridized carbons (Fsp3) is 0.500. The summed E-state index contributed by atoms with van der Waals surface area (Å²) >= 11 is 0. The first-order chi connectivity index (χ1) is 6.91. The molecule has 0 bridgehead atoms. The van der Waals surface area contributed by atoms with Crippen molar-refractivity contribution in [3.63, 3.8) is 0 Å². The van der Waals surface area contributed by atoms with Crippen molar-refractivity contribution in [3.05, 3.63) is 23.8 Å². The highest BCUT2D eigenvalue weighted by atomic mass is 15.3. The smallest absolute Gasteiger partial charge is 0.199 e. The van der Waals surface area contributed by atoms with Gasteiger partial charge in [-0.05, 0) is 5.92 Å². The number of rotatable bonds is 3. The van der Waals surface area contributed by atoms with Crippen LogP contribution in [0.25, 0.3) is 0 Å². The Balaban J connectivity index is 2.91. The van der Waals surface area contributed by atoms with Crippen LogP contribution in [-0.2, 0) is 0 Å². The van der Waals surface area contributed by atoms with Crippen LogP contribution in [0.3, 0.4) is 0 Å². The molecule has 1 aliphatic rings. The zero-order valence-electron chi connectivity index (χ0n) is 9.54. The van der Waals surface area contributed by atoms with E-state index in [4.69, 9.17) is 11.5 Å². The average molecular weight is 209 g/mol. The summed E-state index contributed by atoms with van der Waals surface area (Å²) in [6.45, 7) is 8.92. The Morgan fingerprint density at radius 1 is 1.47 bits per heavy atom. The van der Waals surface area contributed by atoms with Crippen LogP contribution >= 0.6 is 0 Å². The zero-order chi connectivity index (χ0) is 11.6. The normalized spacial score (nSPS) is 16.5. The minimum atomic E-state index is 0.333. The van der Waals surface area contributed by atoms with Crippen LogP contribution in [-0.4, -0.2) is 24.5 Å². The molecule has 0 radical (unpaired) electrons. The predicted octanol–water partition coefficient (Wildman–Crippen LogP) is 0.134. The molecule has 0 aromatic carbocycles. The molecule has 0 fully saturated rings. The molecule has 5 nitrogen and oxygen atoms in total. The Morgan fingerprint density at radius 3 is 2.60 bits per heavy atom.